The first kappa shape index (κ1) is 16.5. The maximum Gasteiger partial charge on any atom is 0.314 e. The summed E-state index contributed by atoms with van der Waals surface area (Å²) < 4.78 is 10.7. The molecule has 0 heterocycles. The molecule has 0 aromatic heterocycles. The van der Waals surface area contributed by atoms with Gasteiger partial charge < -0.3 is 9.47 Å². The van der Waals surface area contributed by atoms with Crippen LogP contribution in [-0.2, 0) is 4.79 Å². The van der Waals surface area contributed by atoms with Crippen LogP contribution in [0.2, 0.25) is 0 Å². The Morgan fingerprint density at radius 1 is 1.13 bits per heavy atom. The molecule has 0 aliphatic heterocycles. The molecule has 0 radical (unpaired) electrons. The van der Waals surface area contributed by atoms with Gasteiger partial charge in [-0.1, -0.05) is 17.7 Å². The number of non-ortho nitro benzene ring substituents is 1. The van der Waals surface area contributed by atoms with Crippen LogP contribution in [0.3, 0.4) is 0 Å². The van der Waals surface area contributed by atoms with Crippen LogP contribution in [-0.4, -0.2) is 17.5 Å². The summed E-state index contributed by atoms with van der Waals surface area (Å²) in [6, 6.07) is 11.2. The maximum atomic E-state index is 11.7. The Labute approximate surface area is 133 Å². The molecular formula is C17H17NO5. The van der Waals surface area contributed by atoms with Crippen LogP contribution in [0.4, 0.5) is 5.69 Å². The van der Waals surface area contributed by atoms with E-state index in [-0.39, 0.29) is 24.5 Å². The van der Waals surface area contributed by atoms with Crippen molar-refractivity contribution in [3.8, 4) is 11.5 Å². The first-order valence-electron chi connectivity index (χ1n) is 7.11. The third-order valence-electron chi connectivity index (χ3n) is 3.17. The van der Waals surface area contributed by atoms with E-state index in [0.717, 1.165) is 16.9 Å². The Balaban J connectivity index is 1.82. The minimum absolute atomic E-state index is 0.0528. The van der Waals surface area contributed by atoms with Gasteiger partial charge in [0.1, 0.15) is 11.5 Å². The minimum atomic E-state index is -0.511. The van der Waals surface area contributed by atoms with E-state index >= 15 is 0 Å². The summed E-state index contributed by atoms with van der Waals surface area (Å²) in [5.74, 6) is 0.550. The van der Waals surface area contributed by atoms with Crippen LogP contribution in [0.25, 0.3) is 0 Å². The van der Waals surface area contributed by atoms with Crippen molar-refractivity contribution in [2.24, 2.45) is 0 Å². The van der Waals surface area contributed by atoms with Gasteiger partial charge in [-0.25, -0.2) is 0 Å². The van der Waals surface area contributed by atoms with Gasteiger partial charge in [0.15, 0.2) is 0 Å². The van der Waals surface area contributed by atoms with Gasteiger partial charge in [-0.05, 0) is 37.6 Å². The molecule has 0 unspecified atom stereocenters. The molecular weight excluding hydrogens is 298 g/mol. The van der Waals surface area contributed by atoms with Crippen molar-refractivity contribution in [2.75, 3.05) is 6.61 Å². The third-order valence-corrected chi connectivity index (χ3v) is 3.17. The minimum Gasteiger partial charge on any atom is -0.493 e. The zero-order valence-electron chi connectivity index (χ0n) is 12.9. The van der Waals surface area contributed by atoms with Crippen molar-refractivity contribution < 1.29 is 19.2 Å². The fourth-order valence-corrected chi connectivity index (χ4v) is 2.02. The molecule has 0 saturated carbocycles. The molecule has 120 valence electrons. The number of hydrogen-bond acceptors (Lipinski definition) is 5. The van der Waals surface area contributed by atoms with E-state index in [1.165, 1.54) is 24.3 Å². The molecule has 0 aliphatic carbocycles. The Morgan fingerprint density at radius 2 is 1.83 bits per heavy atom. The van der Waals surface area contributed by atoms with Gasteiger partial charge in [-0.3, -0.25) is 14.9 Å². The standard InChI is InChI=1S/C17H17NO5/c1-12-3-8-16(13(2)11-12)22-10-9-17(19)23-15-6-4-14(5-7-15)18(20)21/h3-8,11H,9-10H2,1-2H3. The van der Waals surface area contributed by atoms with Crippen LogP contribution in [0.15, 0.2) is 42.5 Å². The smallest absolute Gasteiger partial charge is 0.314 e. The predicted molar refractivity (Wildman–Crippen MR) is 84.8 cm³/mol. The van der Waals surface area contributed by atoms with Crippen LogP contribution in [0, 0.1) is 24.0 Å². The highest BCUT2D eigenvalue weighted by molar-refractivity contribution is 5.72. The normalized spacial score (nSPS) is 10.2. The zero-order chi connectivity index (χ0) is 16.8. The highest BCUT2D eigenvalue weighted by Crippen LogP contribution is 2.20. The lowest BCUT2D eigenvalue weighted by atomic mass is 10.1. The number of rotatable bonds is 6. The van der Waals surface area contributed by atoms with Crippen LogP contribution in [0.1, 0.15) is 17.5 Å². The number of nitrogens with zero attached hydrogens (tertiary/aromatic N) is 1. The number of nitro groups is 1. The summed E-state index contributed by atoms with van der Waals surface area (Å²) in [7, 11) is 0. The Kier molecular flexibility index (Phi) is 5.30. The van der Waals surface area contributed by atoms with Crippen LogP contribution >= 0.6 is 0 Å². The van der Waals surface area contributed by atoms with Crippen LogP contribution < -0.4 is 9.47 Å². The summed E-state index contributed by atoms with van der Waals surface area (Å²) in [5.41, 5.74) is 2.10. The van der Waals surface area contributed by atoms with Crippen molar-refractivity contribution in [3.05, 3.63) is 63.7 Å². The molecule has 0 amide bonds. The van der Waals surface area contributed by atoms with Crippen molar-refractivity contribution in [1.82, 2.24) is 0 Å². The summed E-state index contributed by atoms with van der Waals surface area (Å²) >= 11 is 0. The van der Waals surface area contributed by atoms with E-state index in [4.69, 9.17) is 9.47 Å². The molecule has 6 nitrogen and oxygen atoms in total. The quantitative estimate of drug-likeness (QED) is 0.352. The van der Waals surface area contributed by atoms with E-state index in [1.807, 2.05) is 32.0 Å². The predicted octanol–water partition coefficient (Wildman–Crippen LogP) is 3.59. The van der Waals surface area contributed by atoms with Crippen molar-refractivity contribution >= 4 is 11.7 Å². The number of carbonyl (C=O) groups excluding carboxylic acids is 1. The van der Waals surface area contributed by atoms with Gasteiger partial charge in [-0.2, -0.15) is 0 Å². The Morgan fingerprint density at radius 3 is 2.43 bits per heavy atom. The lowest BCUT2D eigenvalue weighted by Gasteiger charge is -2.09. The second kappa shape index (κ2) is 7.40. The molecule has 0 saturated heterocycles. The van der Waals surface area contributed by atoms with Gasteiger partial charge in [0.2, 0.25) is 0 Å². The number of ether oxygens (including phenoxy) is 2. The van der Waals surface area contributed by atoms with E-state index in [1.54, 1.807) is 0 Å². The number of aryl methyl sites for hydroxylation is 2. The topological polar surface area (TPSA) is 78.7 Å². The first-order chi connectivity index (χ1) is 11.0. The zero-order valence-corrected chi connectivity index (χ0v) is 12.9. The van der Waals surface area contributed by atoms with Gasteiger partial charge >= 0.3 is 5.97 Å². The SMILES string of the molecule is Cc1ccc(OCCC(=O)Oc2ccc([N+](=O)[O-])cc2)c(C)c1. The summed E-state index contributed by atoms with van der Waals surface area (Å²) in [6.45, 7) is 4.14. The molecule has 0 atom stereocenters. The van der Waals surface area contributed by atoms with E-state index in [9.17, 15) is 14.9 Å². The van der Waals surface area contributed by atoms with Gasteiger partial charge in [-0.15, -0.1) is 0 Å². The van der Waals surface area contributed by atoms with Crippen molar-refractivity contribution in [2.45, 2.75) is 20.3 Å². The molecule has 0 aliphatic rings. The molecule has 0 bridgehead atoms. The second-order valence-electron chi connectivity index (χ2n) is 5.09. The first-order valence-corrected chi connectivity index (χ1v) is 7.11. The third kappa shape index (κ3) is 4.81. The van der Waals surface area contributed by atoms with Gasteiger partial charge in [0, 0.05) is 12.1 Å². The number of carbonyl (C=O) groups is 1. The highest BCUT2D eigenvalue weighted by atomic mass is 16.6. The molecule has 0 fully saturated rings. The Hall–Kier alpha value is -2.89. The molecule has 0 spiro atoms. The van der Waals surface area contributed by atoms with E-state index in [0.29, 0.717) is 0 Å². The number of benzene rings is 2. The lowest BCUT2D eigenvalue weighted by molar-refractivity contribution is -0.384. The number of hydrogen-bond donors (Lipinski definition) is 0. The number of esters is 1. The average Bonchev–Trinajstić information content (AvgIpc) is 2.50. The fraction of sp³-hybridized carbons (Fsp3) is 0.235. The maximum absolute atomic E-state index is 11.7. The Bertz CT molecular complexity index is 709. The summed E-state index contributed by atoms with van der Waals surface area (Å²) in [4.78, 5) is 21.8. The lowest BCUT2D eigenvalue weighted by Crippen LogP contribution is -2.12. The molecule has 2 aromatic rings. The van der Waals surface area contributed by atoms with Crippen LogP contribution in [0.5, 0.6) is 11.5 Å². The second-order valence-corrected chi connectivity index (χ2v) is 5.09. The average molecular weight is 315 g/mol. The monoisotopic (exact) mass is 315 g/mol. The van der Waals surface area contributed by atoms with E-state index < -0.39 is 10.9 Å². The highest BCUT2D eigenvalue weighted by Gasteiger charge is 2.09. The summed E-state index contributed by atoms with van der Waals surface area (Å²) in [5, 5.41) is 10.5. The van der Waals surface area contributed by atoms with E-state index in [2.05, 4.69) is 0 Å². The van der Waals surface area contributed by atoms with Crippen molar-refractivity contribution in [3.63, 3.8) is 0 Å². The summed E-state index contributed by atoms with van der Waals surface area (Å²) in [6.07, 6.45) is 0.0876. The molecule has 6 heteroatoms. The molecule has 0 N–H and O–H groups in total. The molecule has 2 aromatic carbocycles. The van der Waals surface area contributed by atoms with Crippen molar-refractivity contribution in [1.29, 1.82) is 0 Å². The molecule has 2 rings (SSSR count). The number of nitro benzene ring substituents is 1. The fourth-order valence-electron chi connectivity index (χ4n) is 2.02. The van der Waals surface area contributed by atoms with Gasteiger partial charge in [0.05, 0.1) is 18.0 Å². The largest absolute Gasteiger partial charge is 0.493 e. The molecule has 23 heavy (non-hydrogen) atoms. The van der Waals surface area contributed by atoms with Gasteiger partial charge in [0.25, 0.3) is 5.69 Å².